The second kappa shape index (κ2) is 7.23. The molecule has 4 rings (SSSR count). The molecule has 6 nitrogen and oxygen atoms in total. The van der Waals surface area contributed by atoms with Crippen LogP contribution in [0, 0.1) is 0 Å². The molecular formula is C19H17F3N4O2. The topological polar surface area (TPSA) is 64.3 Å². The normalized spacial score (nSPS) is 14.2. The van der Waals surface area contributed by atoms with E-state index in [1.165, 1.54) is 18.5 Å². The predicted octanol–water partition coefficient (Wildman–Crippen LogP) is 3.86. The Hall–Kier alpha value is -2.94. The summed E-state index contributed by atoms with van der Waals surface area (Å²) in [7, 11) is 1.60. The van der Waals surface area contributed by atoms with E-state index in [2.05, 4.69) is 20.0 Å². The van der Waals surface area contributed by atoms with E-state index in [1.807, 2.05) is 6.07 Å². The van der Waals surface area contributed by atoms with Crippen molar-refractivity contribution in [3.63, 3.8) is 0 Å². The molecule has 1 aliphatic rings. The van der Waals surface area contributed by atoms with Gasteiger partial charge in [0.1, 0.15) is 23.6 Å². The van der Waals surface area contributed by atoms with Gasteiger partial charge in [0, 0.05) is 37.3 Å². The van der Waals surface area contributed by atoms with Gasteiger partial charge in [-0.25, -0.2) is 9.97 Å². The summed E-state index contributed by atoms with van der Waals surface area (Å²) >= 11 is 0. The van der Waals surface area contributed by atoms with Crippen molar-refractivity contribution in [2.75, 3.05) is 18.6 Å². The minimum Gasteiger partial charge on any atom is -0.378 e. The van der Waals surface area contributed by atoms with E-state index in [0.717, 1.165) is 35.0 Å². The van der Waals surface area contributed by atoms with Gasteiger partial charge in [0.2, 0.25) is 0 Å². The van der Waals surface area contributed by atoms with E-state index in [4.69, 9.17) is 9.26 Å². The quantitative estimate of drug-likeness (QED) is 0.674. The number of hydrogen-bond donors (Lipinski definition) is 0. The Morgan fingerprint density at radius 1 is 1.18 bits per heavy atom. The van der Waals surface area contributed by atoms with Crippen LogP contribution < -0.4 is 4.90 Å². The fourth-order valence-corrected chi connectivity index (χ4v) is 3.23. The van der Waals surface area contributed by atoms with Crippen molar-refractivity contribution >= 4 is 5.82 Å². The molecule has 3 aromatic rings. The molecule has 9 heteroatoms. The van der Waals surface area contributed by atoms with Gasteiger partial charge in [-0.1, -0.05) is 17.3 Å². The van der Waals surface area contributed by atoms with Gasteiger partial charge >= 0.3 is 6.18 Å². The summed E-state index contributed by atoms with van der Waals surface area (Å²) in [6, 6.07) is 6.80. The lowest BCUT2D eigenvalue weighted by Gasteiger charge is -2.27. The van der Waals surface area contributed by atoms with Crippen LogP contribution in [0.2, 0.25) is 0 Å². The molecule has 1 aliphatic heterocycles. The molecule has 0 unspecified atom stereocenters. The van der Waals surface area contributed by atoms with Gasteiger partial charge in [0.25, 0.3) is 0 Å². The Labute approximate surface area is 159 Å². The molecular weight excluding hydrogens is 373 g/mol. The van der Waals surface area contributed by atoms with Crippen molar-refractivity contribution in [2.45, 2.75) is 25.7 Å². The Balaban J connectivity index is 1.61. The van der Waals surface area contributed by atoms with Crippen LogP contribution >= 0.6 is 0 Å². The van der Waals surface area contributed by atoms with Gasteiger partial charge in [0.05, 0.1) is 24.4 Å². The zero-order chi connectivity index (χ0) is 19.7. The standard InChI is InChI=1S/C19H17F3N4O2/c1-27-10-14-8-17(24-11-23-14)26-7-6-16-15(9-26)18(25-28-16)12-2-4-13(5-3-12)19(20,21)22/h2-5,8,11H,6-7,9-10H2,1H3. The number of alkyl halides is 3. The highest BCUT2D eigenvalue weighted by Crippen LogP contribution is 2.34. The Bertz CT molecular complexity index is 970. The summed E-state index contributed by atoms with van der Waals surface area (Å²) in [5.74, 6) is 1.50. The van der Waals surface area contributed by atoms with Crippen LogP contribution in [0.15, 0.2) is 41.2 Å². The van der Waals surface area contributed by atoms with E-state index >= 15 is 0 Å². The number of rotatable bonds is 4. The van der Waals surface area contributed by atoms with E-state index in [-0.39, 0.29) is 0 Å². The van der Waals surface area contributed by atoms with Crippen LogP contribution in [0.3, 0.4) is 0 Å². The molecule has 28 heavy (non-hydrogen) atoms. The third-order valence-corrected chi connectivity index (χ3v) is 4.64. The average molecular weight is 390 g/mol. The van der Waals surface area contributed by atoms with Crippen molar-refractivity contribution in [3.05, 3.63) is 59.2 Å². The fraction of sp³-hybridized carbons (Fsp3) is 0.316. The first-order valence-electron chi connectivity index (χ1n) is 8.65. The molecule has 146 valence electrons. The van der Waals surface area contributed by atoms with Crippen molar-refractivity contribution in [1.29, 1.82) is 0 Å². The minimum atomic E-state index is -4.37. The SMILES string of the molecule is COCc1cc(N2CCc3onc(-c4ccc(C(F)(F)F)cc4)c3C2)ncn1. The van der Waals surface area contributed by atoms with Crippen LogP contribution in [0.4, 0.5) is 19.0 Å². The highest BCUT2D eigenvalue weighted by atomic mass is 19.4. The number of benzene rings is 1. The Morgan fingerprint density at radius 3 is 2.68 bits per heavy atom. The molecule has 0 saturated carbocycles. The second-order valence-corrected chi connectivity index (χ2v) is 6.48. The third kappa shape index (κ3) is 3.57. The van der Waals surface area contributed by atoms with Crippen LogP contribution in [-0.4, -0.2) is 28.8 Å². The smallest absolute Gasteiger partial charge is 0.378 e. The van der Waals surface area contributed by atoms with Crippen LogP contribution in [0.1, 0.15) is 22.6 Å². The lowest BCUT2D eigenvalue weighted by Crippen LogP contribution is -2.30. The molecule has 0 aliphatic carbocycles. The number of anilines is 1. The Kier molecular flexibility index (Phi) is 4.76. The fourth-order valence-electron chi connectivity index (χ4n) is 3.23. The van der Waals surface area contributed by atoms with Crippen molar-refractivity contribution < 1.29 is 22.4 Å². The molecule has 0 N–H and O–H groups in total. The number of methoxy groups -OCH3 is 1. The number of nitrogens with zero attached hydrogens (tertiary/aromatic N) is 4. The summed E-state index contributed by atoms with van der Waals surface area (Å²) in [4.78, 5) is 10.6. The van der Waals surface area contributed by atoms with Crippen molar-refractivity contribution in [1.82, 2.24) is 15.1 Å². The number of fused-ring (bicyclic) bond motifs is 1. The Morgan fingerprint density at radius 2 is 1.96 bits per heavy atom. The van der Waals surface area contributed by atoms with E-state index in [9.17, 15) is 13.2 Å². The van der Waals surface area contributed by atoms with E-state index in [1.54, 1.807) is 7.11 Å². The molecule has 0 saturated heterocycles. The number of halogens is 3. The summed E-state index contributed by atoms with van der Waals surface area (Å²) < 4.78 is 48.9. The number of aromatic nitrogens is 3. The first kappa shape index (κ1) is 18.4. The number of hydrogen-bond acceptors (Lipinski definition) is 6. The van der Waals surface area contributed by atoms with Gasteiger partial charge in [-0.15, -0.1) is 0 Å². The summed E-state index contributed by atoms with van der Waals surface area (Å²) in [6.07, 6.45) is -2.25. The molecule has 0 radical (unpaired) electrons. The van der Waals surface area contributed by atoms with Crippen LogP contribution in [0.25, 0.3) is 11.3 Å². The van der Waals surface area contributed by atoms with Crippen LogP contribution in [0.5, 0.6) is 0 Å². The first-order chi connectivity index (χ1) is 13.5. The predicted molar refractivity (Wildman–Crippen MR) is 94.4 cm³/mol. The van der Waals surface area contributed by atoms with Gasteiger partial charge in [0.15, 0.2) is 0 Å². The molecule has 1 aromatic carbocycles. The zero-order valence-electron chi connectivity index (χ0n) is 15.0. The average Bonchev–Trinajstić information content (AvgIpc) is 3.11. The lowest BCUT2D eigenvalue weighted by atomic mass is 10.0. The molecule has 3 heterocycles. The van der Waals surface area contributed by atoms with Crippen molar-refractivity contribution in [2.24, 2.45) is 0 Å². The highest BCUT2D eigenvalue weighted by molar-refractivity contribution is 5.65. The molecule has 0 fully saturated rings. The summed E-state index contributed by atoms with van der Waals surface area (Å²) in [5, 5.41) is 4.10. The number of ether oxygens (including phenoxy) is 1. The lowest BCUT2D eigenvalue weighted by molar-refractivity contribution is -0.137. The maximum Gasteiger partial charge on any atom is 0.416 e. The maximum atomic E-state index is 12.8. The van der Waals surface area contributed by atoms with Gasteiger partial charge in [-0.3, -0.25) is 0 Å². The first-order valence-corrected chi connectivity index (χ1v) is 8.65. The van der Waals surface area contributed by atoms with E-state index < -0.39 is 11.7 Å². The molecule has 0 bridgehead atoms. The van der Waals surface area contributed by atoms with Crippen LogP contribution in [-0.2, 0) is 30.5 Å². The second-order valence-electron chi connectivity index (χ2n) is 6.48. The summed E-state index contributed by atoms with van der Waals surface area (Å²) in [5.41, 5.74) is 2.08. The minimum absolute atomic E-state index is 0.388. The monoisotopic (exact) mass is 390 g/mol. The molecule has 0 amide bonds. The molecule has 0 atom stereocenters. The van der Waals surface area contributed by atoms with Gasteiger partial charge in [-0.05, 0) is 12.1 Å². The molecule has 2 aromatic heterocycles. The zero-order valence-corrected chi connectivity index (χ0v) is 15.0. The maximum absolute atomic E-state index is 12.8. The van der Waals surface area contributed by atoms with Gasteiger partial charge < -0.3 is 14.2 Å². The highest BCUT2D eigenvalue weighted by Gasteiger charge is 2.31. The van der Waals surface area contributed by atoms with E-state index in [0.29, 0.717) is 37.4 Å². The van der Waals surface area contributed by atoms with Gasteiger partial charge in [-0.2, -0.15) is 13.2 Å². The third-order valence-electron chi connectivity index (χ3n) is 4.64. The largest absolute Gasteiger partial charge is 0.416 e. The molecule has 0 spiro atoms. The summed E-state index contributed by atoms with van der Waals surface area (Å²) in [6.45, 7) is 1.58. The van der Waals surface area contributed by atoms with Crippen molar-refractivity contribution in [3.8, 4) is 11.3 Å².